The Morgan fingerprint density at radius 2 is 1.72 bits per heavy atom. The predicted octanol–water partition coefficient (Wildman–Crippen LogP) is 5.01. The summed E-state index contributed by atoms with van der Waals surface area (Å²) in [5.74, 6) is -0.213. The van der Waals surface area contributed by atoms with Crippen molar-refractivity contribution in [2.45, 2.75) is 57.7 Å². The SMILES string of the molecule is CC(C(=O)NC1CCCC1)N(Cc1ccc(Cl)c(Cl)c1)C(=O)Cc1ccccc1. The average Bonchev–Trinajstić information content (AvgIpc) is 3.22. The van der Waals surface area contributed by atoms with Crippen LogP contribution in [-0.2, 0) is 22.6 Å². The first kappa shape index (κ1) is 21.7. The van der Waals surface area contributed by atoms with Crippen molar-refractivity contribution in [3.8, 4) is 0 Å². The lowest BCUT2D eigenvalue weighted by molar-refractivity contribution is -0.140. The zero-order chi connectivity index (χ0) is 20.8. The molecule has 0 heterocycles. The van der Waals surface area contributed by atoms with E-state index in [9.17, 15) is 9.59 Å². The molecule has 0 aromatic heterocycles. The van der Waals surface area contributed by atoms with Crippen LogP contribution in [0.15, 0.2) is 48.5 Å². The van der Waals surface area contributed by atoms with Crippen LogP contribution in [0, 0.1) is 0 Å². The number of halogens is 2. The van der Waals surface area contributed by atoms with E-state index in [1.165, 1.54) is 0 Å². The van der Waals surface area contributed by atoms with Gasteiger partial charge in [-0.1, -0.05) is 72.4 Å². The number of nitrogens with one attached hydrogen (secondary N) is 1. The molecule has 0 radical (unpaired) electrons. The summed E-state index contributed by atoms with van der Waals surface area (Å²) in [7, 11) is 0. The van der Waals surface area contributed by atoms with Gasteiger partial charge in [0.05, 0.1) is 16.5 Å². The Morgan fingerprint density at radius 3 is 2.38 bits per heavy atom. The first-order valence-corrected chi connectivity index (χ1v) is 10.8. The van der Waals surface area contributed by atoms with Crippen LogP contribution >= 0.6 is 23.2 Å². The first-order valence-electron chi connectivity index (χ1n) is 10.0. The highest BCUT2D eigenvalue weighted by molar-refractivity contribution is 6.42. The number of rotatable bonds is 7. The molecule has 4 nitrogen and oxygen atoms in total. The van der Waals surface area contributed by atoms with E-state index in [0.717, 1.165) is 36.8 Å². The normalized spacial score (nSPS) is 15.1. The molecule has 1 N–H and O–H groups in total. The second kappa shape index (κ2) is 10.1. The third-order valence-corrected chi connectivity index (χ3v) is 6.14. The van der Waals surface area contributed by atoms with Crippen LogP contribution < -0.4 is 5.32 Å². The fourth-order valence-electron chi connectivity index (χ4n) is 3.68. The van der Waals surface area contributed by atoms with E-state index in [1.54, 1.807) is 24.0 Å². The van der Waals surface area contributed by atoms with Crippen molar-refractivity contribution >= 4 is 35.0 Å². The van der Waals surface area contributed by atoms with Crippen molar-refractivity contribution in [3.05, 3.63) is 69.7 Å². The Morgan fingerprint density at radius 1 is 1.03 bits per heavy atom. The van der Waals surface area contributed by atoms with E-state index in [0.29, 0.717) is 16.6 Å². The molecule has 6 heteroatoms. The molecule has 3 rings (SSSR count). The summed E-state index contributed by atoms with van der Waals surface area (Å²) in [4.78, 5) is 27.6. The Balaban J connectivity index is 1.77. The van der Waals surface area contributed by atoms with Gasteiger partial charge in [0.25, 0.3) is 0 Å². The maximum Gasteiger partial charge on any atom is 0.242 e. The summed E-state index contributed by atoms with van der Waals surface area (Å²) in [6.07, 6.45) is 4.52. The smallest absolute Gasteiger partial charge is 0.242 e. The number of benzene rings is 2. The molecule has 29 heavy (non-hydrogen) atoms. The Labute approximate surface area is 182 Å². The van der Waals surface area contributed by atoms with Crippen LogP contribution in [0.25, 0.3) is 0 Å². The van der Waals surface area contributed by atoms with Crippen molar-refractivity contribution in [2.24, 2.45) is 0 Å². The van der Waals surface area contributed by atoms with E-state index in [1.807, 2.05) is 36.4 Å². The summed E-state index contributed by atoms with van der Waals surface area (Å²) >= 11 is 12.2. The van der Waals surface area contributed by atoms with Crippen molar-refractivity contribution in [2.75, 3.05) is 0 Å². The Hall–Kier alpha value is -2.04. The second-order valence-corrected chi connectivity index (χ2v) is 8.41. The van der Waals surface area contributed by atoms with Crippen LogP contribution in [-0.4, -0.2) is 28.8 Å². The number of carbonyl (C=O) groups is 2. The fraction of sp³-hybridized carbons (Fsp3) is 0.391. The van der Waals surface area contributed by atoms with E-state index >= 15 is 0 Å². The molecule has 0 saturated heterocycles. The molecule has 0 bridgehead atoms. The summed E-state index contributed by atoms with van der Waals surface area (Å²) in [6.45, 7) is 2.08. The lowest BCUT2D eigenvalue weighted by Gasteiger charge is -2.30. The van der Waals surface area contributed by atoms with Gasteiger partial charge in [-0.3, -0.25) is 9.59 Å². The molecule has 1 atom stereocenters. The largest absolute Gasteiger partial charge is 0.352 e. The number of amides is 2. The number of hydrogen-bond donors (Lipinski definition) is 1. The Bertz CT molecular complexity index is 851. The Kier molecular flexibility index (Phi) is 7.57. The lowest BCUT2D eigenvalue weighted by Crippen LogP contribution is -2.50. The van der Waals surface area contributed by atoms with Crippen LogP contribution in [0.2, 0.25) is 10.0 Å². The van der Waals surface area contributed by atoms with Gasteiger partial charge in [0, 0.05) is 12.6 Å². The van der Waals surface area contributed by atoms with Crippen LogP contribution in [0.4, 0.5) is 0 Å². The molecule has 0 aliphatic heterocycles. The zero-order valence-corrected chi connectivity index (χ0v) is 18.0. The van der Waals surface area contributed by atoms with E-state index in [2.05, 4.69) is 5.32 Å². The molecule has 2 amide bonds. The molecule has 1 saturated carbocycles. The summed E-state index contributed by atoms with van der Waals surface area (Å²) in [6, 6.07) is 14.5. The van der Waals surface area contributed by atoms with E-state index in [-0.39, 0.29) is 24.3 Å². The van der Waals surface area contributed by atoms with Gasteiger partial charge in [-0.15, -0.1) is 0 Å². The minimum atomic E-state index is -0.582. The summed E-state index contributed by atoms with van der Waals surface area (Å²) in [5, 5.41) is 4.00. The maximum atomic E-state index is 13.1. The molecule has 1 aliphatic carbocycles. The van der Waals surface area contributed by atoms with Gasteiger partial charge in [-0.2, -0.15) is 0 Å². The highest BCUT2D eigenvalue weighted by Gasteiger charge is 2.28. The van der Waals surface area contributed by atoms with Gasteiger partial charge >= 0.3 is 0 Å². The second-order valence-electron chi connectivity index (χ2n) is 7.60. The van der Waals surface area contributed by atoms with E-state index in [4.69, 9.17) is 23.2 Å². The predicted molar refractivity (Wildman–Crippen MR) is 117 cm³/mol. The van der Waals surface area contributed by atoms with Gasteiger partial charge in [-0.05, 0) is 43.0 Å². The van der Waals surface area contributed by atoms with Crippen molar-refractivity contribution in [3.63, 3.8) is 0 Å². The molecule has 1 aliphatic rings. The van der Waals surface area contributed by atoms with Crippen molar-refractivity contribution in [1.82, 2.24) is 10.2 Å². The van der Waals surface area contributed by atoms with Crippen LogP contribution in [0.3, 0.4) is 0 Å². The van der Waals surface area contributed by atoms with E-state index < -0.39 is 6.04 Å². The van der Waals surface area contributed by atoms with Gasteiger partial charge < -0.3 is 10.2 Å². The highest BCUT2D eigenvalue weighted by atomic mass is 35.5. The lowest BCUT2D eigenvalue weighted by atomic mass is 10.1. The van der Waals surface area contributed by atoms with Gasteiger partial charge in [0.2, 0.25) is 11.8 Å². The van der Waals surface area contributed by atoms with Crippen molar-refractivity contribution < 1.29 is 9.59 Å². The molecule has 154 valence electrons. The minimum absolute atomic E-state index is 0.101. The molecular formula is C23H26Cl2N2O2. The monoisotopic (exact) mass is 432 g/mol. The molecular weight excluding hydrogens is 407 g/mol. The third kappa shape index (κ3) is 5.97. The van der Waals surface area contributed by atoms with Gasteiger partial charge in [0.15, 0.2) is 0 Å². The topological polar surface area (TPSA) is 49.4 Å². The highest BCUT2D eigenvalue weighted by Crippen LogP contribution is 2.24. The standard InChI is InChI=1S/C23H26Cl2N2O2/c1-16(23(29)26-19-9-5-6-10-19)27(15-18-11-12-20(24)21(25)13-18)22(28)14-17-7-3-2-4-8-17/h2-4,7-8,11-13,16,19H,5-6,9-10,14-15H2,1H3,(H,26,29). The average molecular weight is 433 g/mol. The molecule has 1 fully saturated rings. The first-order chi connectivity index (χ1) is 13.9. The summed E-state index contributed by atoms with van der Waals surface area (Å²) < 4.78 is 0. The third-order valence-electron chi connectivity index (χ3n) is 5.40. The zero-order valence-electron chi connectivity index (χ0n) is 16.5. The number of hydrogen-bond acceptors (Lipinski definition) is 2. The quantitative estimate of drug-likeness (QED) is 0.667. The molecule has 0 spiro atoms. The van der Waals surface area contributed by atoms with Crippen molar-refractivity contribution in [1.29, 1.82) is 0 Å². The van der Waals surface area contributed by atoms with Crippen LogP contribution in [0.5, 0.6) is 0 Å². The number of carbonyl (C=O) groups excluding carboxylic acids is 2. The maximum absolute atomic E-state index is 13.1. The minimum Gasteiger partial charge on any atom is -0.352 e. The van der Waals surface area contributed by atoms with Gasteiger partial charge in [-0.25, -0.2) is 0 Å². The summed E-state index contributed by atoms with van der Waals surface area (Å²) in [5.41, 5.74) is 1.75. The van der Waals surface area contributed by atoms with Crippen LogP contribution in [0.1, 0.15) is 43.7 Å². The number of nitrogens with zero attached hydrogens (tertiary/aromatic N) is 1. The fourth-order valence-corrected chi connectivity index (χ4v) is 4.00. The van der Waals surface area contributed by atoms with Gasteiger partial charge in [0.1, 0.15) is 6.04 Å². The molecule has 2 aromatic rings. The molecule has 2 aromatic carbocycles. The molecule has 1 unspecified atom stereocenters.